The number of thiazole rings is 1. The van der Waals surface area contributed by atoms with Crippen molar-refractivity contribution in [3.05, 3.63) is 63.0 Å². The van der Waals surface area contributed by atoms with Crippen molar-refractivity contribution in [3.63, 3.8) is 0 Å². The van der Waals surface area contributed by atoms with Crippen molar-refractivity contribution in [2.45, 2.75) is 63.8 Å². The summed E-state index contributed by atoms with van der Waals surface area (Å²) in [6, 6.07) is 9.81. The molecule has 2 aromatic carbocycles. The molecule has 0 aliphatic heterocycles. The first kappa shape index (κ1) is 30.5. The lowest BCUT2D eigenvalue weighted by Crippen LogP contribution is -2.46. The Morgan fingerprint density at radius 2 is 1.80 bits per heavy atom. The van der Waals surface area contributed by atoms with Gasteiger partial charge in [0, 0.05) is 38.6 Å². The lowest BCUT2D eigenvalue weighted by molar-refractivity contribution is -0.134. The maximum Gasteiger partial charge on any atom is 0.407 e. The van der Waals surface area contributed by atoms with E-state index in [1.807, 2.05) is 11.0 Å². The molecule has 222 valence electrons. The molecular formula is C30H39FN4O5S. The van der Waals surface area contributed by atoms with E-state index in [1.54, 1.807) is 12.1 Å². The Kier molecular flexibility index (Phi) is 11.1. The monoisotopic (exact) mass is 586 g/mol. The van der Waals surface area contributed by atoms with Crippen molar-refractivity contribution in [1.82, 2.24) is 20.1 Å². The van der Waals surface area contributed by atoms with Gasteiger partial charge in [0.05, 0.1) is 4.70 Å². The second kappa shape index (κ2) is 15.0. The van der Waals surface area contributed by atoms with Gasteiger partial charge in [-0.1, -0.05) is 55.2 Å². The fraction of sp³-hybridized carbons (Fsp3) is 0.500. The van der Waals surface area contributed by atoms with Gasteiger partial charge in [-0.25, -0.2) is 9.18 Å². The molecule has 1 fully saturated rings. The van der Waals surface area contributed by atoms with Crippen molar-refractivity contribution in [2.24, 2.45) is 0 Å². The topological polar surface area (TPSA) is 126 Å². The number of benzene rings is 2. The molecule has 11 heteroatoms. The number of aromatic amines is 1. The number of phenols is 1. The summed E-state index contributed by atoms with van der Waals surface area (Å²) in [5.41, 5.74) is 2.05. The van der Waals surface area contributed by atoms with E-state index in [1.165, 1.54) is 23.1 Å². The molecule has 2 amide bonds. The highest BCUT2D eigenvalue weighted by Crippen LogP contribution is 2.28. The molecule has 41 heavy (non-hydrogen) atoms. The average molecular weight is 587 g/mol. The lowest BCUT2D eigenvalue weighted by Gasteiger charge is -2.33. The zero-order valence-corrected chi connectivity index (χ0v) is 24.1. The van der Waals surface area contributed by atoms with Crippen LogP contribution in [0, 0.1) is 5.82 Å². The number of hydrogen-bond donors (Lipinski definition) is 4. The Bertz CT molecular complexity index is 1370. The third-order valence-electron chi connectivity index (χ3n) is 7.75. The minimum atomic E-state index is -1.06. The number of nitrogens with zero attached hydrogens (tertiary/aromatic N) is 2. The van der Waals surface area contributed by atoms with Crippen molar-refractivity contribution >= 4 is 33.6 Å². The van der Waals surface area contributed by atoms with Crippen LogP contribution in [0.4, 0.5) is 9.18 Å². The second-order valence-electron chi connectivity index (χ2n) is 10.6. The molecule has 0 atom stereocenters. The van der Waals surface area contributed by atoms with Gasteiger partial charge in [-0.2, -0.15) is 0 Å². The van der Waals surface area contributed by atoms with E-state index in [0.29, 0.717) is 49.1 Å². The number of aromatic hydroxyl groups is 1. The highest BCUT2D eigenvalue weighted by atomic mass is 32.1. The van der Waals surface area contributed by atoms with E-state index < -0.39 is 6.09 Å². The first-order valence-corrected chi connectivity index (χ1v) is 15.2. The Balaban J connectivity index is 1.34. The predicted molar refractivity (Wildman–Crippen MR) is 158 cm³/mol. The van der Waals surface area contributed by atoms with Crippen LogP contribution in [-0.2, 0) is 17.6 Å². The van der Waals surface area contributed by atoms with Gasteiger partial charge in [0.25, 0.3) is 0 Å². The number of halogens is 1. The van der Waals surface area contributed by atoms with Crippen LogP contribution in [0.3, 0.4) is 0 Å². The number of carbonyl (C=O) groups excluding carboxylic acids is 1. The largest absolute Gasteiger partial charge is 0.506 e. The van der Waals surface area contributed by atoms with Crippen LogP contribution in [-0.4, -0.2) is 75.8 Å². The van der Waals surface area contributed by atoms with Gasteiger partial charge in [-0.15, -0.1) is 0 Å². The molecule has 0 radical (unpaired) electrons. The molecule has 0 unspecified atom stereocenters. The fourth-order valence-corrected chi connectivity index (χ4v) is 6.42. The molecular weight excluding hydrogens is 547 g/mol. The van der Waals surface area contributed by atoms with Crippen molar-refractivity contribution in [2.75, 3.05) is 32.7 Å². The van der Waals surface area contributed by atoms with Crippen LogP contribution in [0.2, 0.25) is 0 Å². The summed E-state index contributed by atoms with van der Waals surface area (Å²) in [4.78, 5) is 42.9. The molecule has 9 nitrogen and oxygen atoms in total. The number of H-pyrrole nitrogens is 1. The van der Waals surface area contributed by atoms with Crippen molar-refractivity contribution in [1.29, 1.82) is 0 Å². The van der Waals surface area contributed by atoms with Gasteiger partial charge in [0.15, 0.2) is 0 Å². The molecule has 1 aliphatic rings. The number of amides is 2. The highest BCUT2D eigenvalue weighted by Gasteiger charge is 2.26. The van der Waals surface area contributed by atoms with Gasteiger partial charge in [0.1, 0.15) is 17.1 Å². The maximum atomic E-state index is 13.4. The quantitative estimate of drug-likeness (QED) is 0.170. The summed E-state index contributed by atoms with van der Waals surface area (Å²) in [5.74, 6) is -0.263. The van der Waals surface area contributed by atoms with Gasteiger partial charge in [-0.3, -0.25) is 9.59 Å². The summed E-state index contributed by atoms with van der Waals surface area (Å²) in [7, 11) is 0. The molecule has 1 saturated carbocycles. The third kappa shape index (κ3) is 8.77. The number of rotatable bonds is 13. The van der Waals surface area contributed by atoms with Gasteiger partial charge in [-0.05, 0) is 61.6 Å². The molecule has 1 heterocycles. The van der Waals surface area contributed by atoms with Crippen LogP contribution in [0.1, 0.15) is 56.1 Å². The smallest absolute Gasteiger partial charge is 0.407 e. The Hall–Kier alpha value is -3.44. The standard InChI is InChI=1S/C30H39FN4O5S/c31-23-7-5-6-21(20-23)12-15-32-16-13-26(37)35(24-8-3-1-2-4-9-24)19-18-34(30(39)40)17-14-22-10-11-25(36)27-28(22)41-29(38)33-27/h5-7,10-11,20,24,32,36H,1-4,8-9,12-19H2,(H,33,38)(H,39,40). The van der Waals surface area contributed by atoms with Crippen LogP contribution in [0.25, 0.3) is 10.2 Å². The number of aromatic nitrogens is 1. The number of hydrogen-bond acceptors (Lipinski definition) is 6. The van der Waals surface area contributed by atoms with Gasteiger partial charge < -0.3 is 30.3 Å². The molecule has 4 N–H and O–H groups in total. The van der Waals surface area contributed by atoms with E-state index in [4.69, 9.17) is 0 Å². The summed E-state index contributed by atoms with van der Waals surface area (Å²) in [6.07, 6.45) is 6.54. The Morgan fingerprint density at radius 1 is 1.02 bits per heavy atom. The van der Waals surface area contributed by atoms with E-state index in [9.17, 15) is 29.0 Å². The zero-order valence-electron chi connectivity index (χ0n) is 23.2. The van der Waals surface area contributed by atoms with E-state index in [2.05, 4.69) is 10.3 Å². The number of carboxylic acid groups (broad SMARTS) is 1. The zero-order chi connectivity index (χ0) is 29.2. The number of carbonyl (C=O) groups is 2. The normalized spacial score (nSPS) is 14.2. The molecule has 3 aromatic rings. The molecule has 1 aromatic heterocycles. The van der Waals surface area contributed by atoms with Crippen molar-refractivity contribution < 1.29 is 24.2 Å². The summed E-state index contributed by atoms with van der Waals surface area (Å²) >= 11 is 0.994. The van der Waals surface area contributed by atoms with Gasteiger partial charge >= 0.3 is 11.0 Å². The molecule has 1 aliphatic carbocycles. The summed E-state index contributed by atoms with van der Waals surface area (Å²) < 4.78 is 14.0. The minimum absolute atomic E-state index is 0.0119. The first-order valence-electron chi connectivity index (χ1n) is 14.4. The molecule has 0 spiro atoms. The third-order valence-corrected chi connectivity index (χ3v) is 8.71. The molecule has 4 rings (SSSR count). The van der Waals surface area contributed by atoms with Gasteiger partial charge in [0.2, 0.25) is 5.91 Å². The van der Waals surface area contributed by atoms with Crippen LogP contribution < -0.4 is 10.2 Å². The van der Waals surface area contributed by atoms with Crippen LogP contribution in [0.5, 0.6) is 5.75 Å². The number of phenolic OH excluding ortho intramolecular Hbond substituents is 1. The maximum absolute atomic E-state index is 13.4. The first-order chi connectivity index (χ1) is 19.8. The van der Waals surface area contributed by atoms with Crippen LogP contribution in [0.15, 0.2) is 41.2 Å². The summed E-state index contributed by atoms with van der Waals surface area (Å²) in [5, 5.41) is 23.3. The Labute approximate surface area is 243 Å². The highest BCUT2D eigenvalue weighted by molar-refractivity contribution is 7.16. The lowest BCUT2D eigenvalue weighted by atomic mass is 10.1. The molecule has 0 bridgehead atoms. The Morgan fingerprint density at radius 3 is 2.54 bits per heavy atom. The fourth-order valence-electron chi connectivity index (χ4n) is 5.53. The second-order valence-corrected chi connectivity index (χ2v) is 11.6. The average Bonchev–Trinajstić information content (AvgIpc) is 3.15. The number of fused-ring (bicyclic) bond motifs is 1. The van der Waals surface area contributed by atoms with Crippen LogP contribution >= 0.6 is 11.3 Å². The number of nitrogens with one attached hydrogen (secondary N) is 2. The minimum Gasteiger partial charge on any atom is -0.506 e. The van der Waals surface area contributed by atoms with E-state index >= 15 is 0 Å². The molecule has 0 saturated heterocycles. The van der Waals surface area contributed by atoms with E-state index in [0.717, 1.165) is 61.0 Å². The predicted octanol–water partition coefficient (Wildman–Crippen LogP) is 4.73. The van der Waals surface area contributed by atoms with Crippen molar-refractivity contribution in [3.8, 4) is 5.75 Å². The van der Waals surface area contributed by atoms with E-state index in [-0.39, 0.29) is 41.5 Å². The summed E-state index contributed by atoms with van der Waals surface area (Å²) in [6.45, 7) is 1.84. The SMILES string of the molecule is O=C(O)N(CCc1ccc(O)c2[nH]c(=O)sc12)CCN(C(=O)CCNCCc1cccc(F)c1)C1CCCCCC1.